The minimum absolute atomic E-state index is 0.0650. The van der Waals surface area contributed by atoms with Gasteiger partial charge in [0.2, 0.25) is 6.71 Å². The van der Waals surface area contributed by atoms with Crippen LogP contribution in [0.2, 0.25) is 0 Å². The van der Waals surface area contributed by atoms with E-state index >= 15 is 0 Å². The summed E-state index contributed by atoms with van der Waals surface area (Å²) >= 11 is 0. The van der Waals surface area contributed by atoms with Gasteiger partial charge >= 0.3 is 0 Å². The van der Waals surface area contributed by atoms with Crippen molar-refractivity contribution in [1.82, 2.24) is 0 Å². The van der Waals surface area contributed by atoms with Gasteiger partial charge in [0.05, 0.1) is 0 Å². The number of benzene rings is 9. The van der Waals surface area contributed by atoms with Gasteiger partial charge in [-0.15, -0.1) is 0 Å². The van der Waals surface area contributed by atoms with Crippen LogP contribution in [0.3, 0.4) is 0 Å². The molecule has 0 saturated heterocycles. The van der Waals surface area contributed by atoms with Crippen LogP contribution in [0.1, 0.15) is 0 Å². The summed E-state index contributed by atoms with van der Waals surface area (Å²) in [5, 5.41) is 5.86. The molecule has 3 heterocycles. The first-order valence-electron chi connectivity index (χ1n) is 20.6. The third-order valence-electron chi connectivity index (χ3n) is 12.9. The molecule has 59 heavy (non-hydrogen) atoms. The third kappa shape index (κ3) is 5.08. The zero-order valence-electron chi connectivity index (χ0n) is 32.4. The van der Waals surface area contributed by atoms with Crippen molar-refractivity contribution in [2.24, 2.45) is 0 Å². The number of nitrogens with zero attached hydrogens (tertiary/aromatic N) is 1. The van der Waals surface area contributed by atoms with Crippen molar-refractivity contribution in [3.05, 3.63) is 224 Å². The molecule has 0 amide bonds. The molecule has 0 aromatic heterocycles. The standard InChI is InChI=1S/C54H37B2NOSi/c1-3-21-41(22-4-1)57(42-23-5-2-6-24-42)43-25-16-19-39(37-43)38-18-15-20-40(36-38)55-45-27-8-12-32-50(45)59(51-33-13-9-28-46(51)55)52-34-14-10-29-47(52)56-44-26-7-11-30-48(44)58-49-31-17-35-53(59)54(49)56/h1-37H. The fraction of sp³-hybridized carbons (Fsp3) is 0. The van der Waals surface area contributed by atoms with Gasteiger partial charge in [-0.1, -0.05) is 198 Å². The van der Waals surface area contributed by atoms with Crippen molar-refractivity contribution in [3.63, 3.8) is 0 Å². The lowest BCUT2D eigenvalue weighted by Crippen LogP contribution is -2.93. The summed E-state index contributed by atoms with van der Waals surface area (Å²) < 4.78 is 6.79. The molecule has 3 aliphatic heterocycles. The van der Waals surface area contributed by atoms with E-state index in [1.807, 2.05) is 0 Å². The number of hydrogen-bond donors (Lipinski definition) is 0. The van der Waals surface area contributed by atoms with Crippen molar-refractivity contribution in [2.45, 2.75) is 0 Å². The van der Waals surface area contributed by atoms with Crippen molar-refractivity contribution in [3.8, 4) is 22.6 Å². The first kappa shape index (κ1) is 34.0. The van der Waals surface area contributed by atoms with Crippen molar-refractivity contribution < 1.29 is 4.74 Å². The minimum Gasteiger partial charge on any atom is -0.458 e. The molecule has 12 rings (SSSR count). The monoisotopic (exact) mass is 765 g/mol. The second kappa shape index (κ2) is 13.5. The fourth-order valence-corrected chi connectivity index (χ4v) is 16.4. The molecule has 1 spiro atoms. The molecule has 9 aromatic rings. The van der Waals surface area contributed by atoms with Gasteiger partial charge in [0, 0.05) is 17.1 Å². The number of hydrogen-bond acceptors (Lipinski definition) is 2. The van der Waals surface area contributed by atoms with E-state index in [9.17, 15) is 0 Å². The van der Waals surface area contributed by atoms with E-state index in [0.29, 0.717) is 0 Å². The van der Waals surface area contributed by atoms with Crippen molar-refractivity contribution in [1.29, 1.82) is 0 Å². The summed E-state index contributed by atoms with van der Waals surface area (Å²) in [7, 11) is -2.85. The zero-order valence-corrected chi connectivity index (χ0v) is 33.4. The largest absolute Gasteiger partial charge is 0.458 e. The van der Waals surface area contributed by atoms with Crippen molar-refractivity contribution in [2.75, 3.05) is 4.90 Å². The Hall–Kier alpha value is -7.07. The first-order valence-corrected chi connectivity index (χ1v) is 22.6. The molecule has 0 unspecified atom stereocenters. The molecule has 0 aliphatic carbocycles. The molecule has 0 radical (unpaired) electrons. The molecule has 0 bridgehead atoms. The van der Waals surface area contributed by atoms with Crippen molar-refractivity contribution >= 4 is 92.1 Å². The van der Waals surface area contributed by atoms with Gasteiger partial charge in [0.15, 0.2) is 8.07 Å². The first-order chi connectivity index (χ1) is 29.3. The van der Waals surface area contributed by atoms with E-state index < -0.39 is 8.07 Å². The maximum Gasteiger partial charge on any atom is 0.250 e. The third-order valence-corrected chi connectivity index (χ3v) is 18.0. The van der Waals surface area contributed by atoms with E-state index in [1.165, 1.54) is 64.7 Å². The Morgan fingerprint density at radius 3 is 1.44 bits per heavy atom. The second-order valence-corrected chi connectivity index (χ2v) is 19.6. The summed E-state index contributed by atoms with van der Waals surface area (Å²) in [6.07, 6.45) is 0. The highest BCUT2D eigenvalue weighted by molar-refractivity contribution is 7.31. The van der Waals surface area contributed by atoms with Gasteiger partial charge in [-0.25, -0.2) is 0 Å². The summed E-state index contributed by atoms with van der Waals surface area (Å²) in [5.41, 5.74) is 13.8. The lowest BCUT2D eigenvalue weighted by atomic mass is 9.35. The van der Waals surface area contributed by atoms with Gasteiger partial charge in [-0.3, -0.25) is 0 Å². The molecular formula is C54H37B2NOSi. The van der Waals surface area contributed by atoms with E-state index in [1.54, 1.807) is 0 Å². The number of rotatable bonds is 5. The quantitative estimate of drug-likeness (QED) is 0.201. The molecule has 274 valence electrons. The van der Waals surface area contributed by atoms with Crippen LogP contribution in [-0.4, -0.2) is 21.5 Å². The summed E-state index contributed by atoms with van der Waals surface area (Å²) in [6.45, 7) is 0.180. The van der Waals surface area contributed by atoms with Gasteiger partial charge < -0.3 is 9.64 Å². The average molecular weight is 766 g/mol. The minimum atomic E-state index is -2.85. The number of anilines is 3. The predicted octanol–water partition coefficient (Wildman–Crippen LogP) is 5.97. The van der Waals surface area contributed by atoms with Crippen LogP contribution in [0.4, 0.5) is 17.1 Å². The Kier molecular flexibility index (Phi) is 7.79. The van der Waals surface area contributed by atoms with E-state index in [0.717, 1.165) is 28.6 Å². The Bertz CT molecular complexity index is 2990. The molecule has 0 fully saturated rings. The molecule has 0 saturated carbocycles. The highest BCUT2D eigenvalue weighted by Crippen LogP contribution is 2.36. The smallest absolute Gasteiger partial charge is 0.250 e. The highest BCUT2D eigenvalue weighted by Gasteiger charge is 2.56. The van der Waals surface area contributed by atoms with Crippen LogP contribution in [0.25, 0.3) is 11.1 Å². The van der Waals surface area contributed by atoms with Gasteiger partial charge in [0.1, 0.15) is 11.5 Å². The molecule has 5 heteroatoms. The lowest BCUT2D eigenvalue weighted by molar-refractivity contribution is 0.488. The molecule has 0 atom stereocenters. The van der Waals surface area contributed by atoms with E-state index in [-0.39, 0.29) is 13.4 Å². The molecule has 9 aromatic carbocycles. The van der Waals surface area contributed by atoms with E-state index in [4.69, 9.17) is 4.74 Å². The normalized spacial score (nSPS) is 13.6. The summed E-state index contributed by atoms with van der Waals surface area (Å²) in [4.78, 5) is 2.34. The fourth-order valence-electron chi connectivity index (χ4n) is 10.7. The molecule has 0 N–H and O–H groups in total. The maximum absolute atomic E-state index is 6.79. The SMILES string of the molecule is c1ccc(N(c2ccccc2)c2cccc(-c3cccc(B4c5ccccc5[Si]5(c6ccccc64)c4ccccc4B4c6ccccc6Oc6cccc5c64)c3)c2)cc1. The van der Waals surface area contributed by atoms with Gasteiger partial charge in [-0.2, -0.15) is 0 Å². The maximum atomic E-state index is 6.79. The lowest BCUT2D eigenvalue weighted by Gasteiger charge is -2.48. The summed E-state index contributed by atoms with van der Waals surface area (Å²) in [5.74, 6) is 1.94. The van der Waals surface area contributed by atoms with Crippen LogP contribution < -0.4 is 63.2 Å². The Morgan fingerprint density at radius 2 is 0.797 bits per heavy atom. The van der Waals surface area contributed by atoms with Crippen LogP contribution in [0.15, 0.2) is 224 Å². The van der Waals surface area contributed by atoms with Crippen LogP contribution in [-0.2, 0) is 0 Å². The highest BCUT2D eigenvalue weighted by atomic mass is 28.3. The average Bonchev–Trinajstić information content (AvgIpc) is 3.31. The van der Waals surface area contributed by atoms with Gasteiger partial charge in [0.25, 0.3) is 6.71 Å². The van der Waals surface area contributed by atoms with E-state index in [2.05, 4.69) is 229 Å². The Labute approximate surface area is 347 Å². The number of fused-ring (bicyclic) bond motifs is 10. The predicted molar refractivity (Wildman–Crippen MR) is 252 cm³/mol. The summed E-state index contributed by atoms with van der Waals surface area (Å²) in [6, 6.07) is 83.1. The molecule has 3 aliphatic rings. The van der Waals surface area contributed by atoms with Crippen LogP contribution >= 0.6 is 0 Å². The van der Waals surface area contributed by atoms with Crippen LogP contribution in [0.5, 0.6) is 11.5 Å². The molecular weight excluding hydrogens is 728 g/mol. The Morgan fingerprint density at radius 1 is 0.339 bits per heavy atom. The number of ether oxygens (including phenoxy) is 1. The Balaban J connectivity index is 1.04. The van der Waals surface area contributed by atoms with Gasteiger partial charge in [-0.05, 0) is 91.3 Å². The number of para-hydroxylation sites is 3. The van der Waals surface area contributed by atoms with Crippen LogP contribution in [0, 0.1) is 0 Å². The second-order valence-electron chi connectivity index (χ2n) is 15.9. The zero-order chi connectivity index (χ0) is 38.9. The topological polar surface area (TPSA) is 12.5 Å². The molecule has 2 nitrogen and oxygen atoms in total.